The van der Waals surface area contributed by atoms with Crippen molar-refractivity contribution in [3.05, 3.63) is 35.4 Å². The fraction of sp³-hybridized carbons (Fsp3) is 0.333. The molecule has 72 valence electrons. The Morgan fingerprint density at radius 3 is 2.31 bits per heavy atom. The summed E-state index contributed by atoms with van der Waals surface area (Å²) in [5, 5.41) is -0.643. The SMILES string of the molecule is Cc1ccccc1C(C)S(=O)(=O)Cl. The Hall–Kier alpha value is -0.540. The fourth-order valence-corrected chi connectivity index (χ4v) is 2.05. The summed E-state index contributed by atoms with van der Waals surface area (Å²) < 4.78 is 22.1. The van der Waals surface area contributed by atoms with Crippen molar-refractivity contribution in [2.24, 2.45) is 0 Å². The van der Waals surface area contributed by atoms with Gasteiger partial charge in [0.1, 0.15) is 0 Å². The van der Waals surface area contributed by atoms with Crippen LogP contribution >= 0.6 is 10.7 Å². The van der Waals surface area contributed by atoms with Gasteiger partial charge in [0.15, 0.2) is 0 Å². The van der Waals surface area contributed by atoms with E-state index in [9.17, 15) is 8.42 Å². The van der Waals surface area contributed by atoms with Crippen LogP contribution in [0.5, 0.6) is 0 Å². The van der Waals surface area contributed by atoms with Crippen LogP contribution in [0.3, 0.4) is 0 Å². The van der Waals surface area contributed by atoms with Gasteiger partial charge in [0, 0.05) is 10.7 Å². The highest BCUT2D eigenvalue weighted by Gasteiger charge is 2.20. The summed E-state index contributed by atoms with van der Waals surface area (Å²) in [7, 11) is 1.76. The summed E-state index contributed by atoms with van der Waals surface area (Å²) in [5.41, 5.74) is 1.71. The Morgan fingerprint density at radius 1 is 1.31 bits per heavy atom. The van der Waals surface area contributed by atoms with Crippen LogP contribution in [0.4, 0.5) is 0 Å². The van der Waals surface area contributed by atoms with Gasteiger partial charge in [0.25, 0.3) is 0 Å². The predicted octanol–water partition coefficient (Wildman–Crippen LogP) is 2.62. The Bertz CT molecular complexity index is 398. The van der Waals surface area contributed by atoms with Gasteiger partial charge < -0.3 is 0 Å². The molecule has 4 heteroatoms. The molecule has 1 aromatic rings. The Morgan fingerprint density at radius 2 is 1.85 bits per heavy atom. The molecule has 0 bridgehead atoms. The van der Waals surface area contributed by atoms with Crippen LogP contribution in [0.15, 0.2) is 24.3 Å². The summed E-state index contributed by atoms with van der Waals surface area (Å²) in [6.45, 7) is 3.46. The second-order valence-electron chi connectivity index (χ2n) is 2.97. The van der Waals surface area contributed by atoms with Gasteiger partial charge in [-0.05, 0) is 25.0 Å². The van der Waals surface area contributed by atoms with Gasteiger partial charge in [0.05, 0.1) is 5.25 Å². The highest BCUT2D eigenvalue weighted by molar-refractivity contribution is 8.13. The van der Waals surface area contributed by atoms with Crippen LogP contribution < -0.4 is 0 Å². The molecule has 1 unspecified atom stereocenters. The minimum atomic E-state index is -3.51. The quantitative estimate of drug-likeness (QED) is 0.716. The standard InChI is InChI=1S/C9H11ClO2S/c1-7-5-3-4-6-9(7)8(2)13(10,11)12/h3-6,8H,1-2H3. The molecule has 13 heavy (non-hydrogen) atoms. The fourth-order valence-electron chi connectivity index (χ4n) is 1.19. The van der Waals surface area contributed by atoms with E-state index in [-0.39, 0.29) is 0 Å². The maximum atomic E-state index is 11.0. The first-order valence-electron chi connectivity index (χ1n) is 3.92. The van der Waals surface area contributed by atoms with Crippen molar-refractivity contribution in [3.8, 4) is 0 Å². The van der Waals surface area contributed by atoms with Gasteiger partial charge >= 0.3 is 0 Å². The normalized spacial score (nSPS) is 14.1. The first kappa shape index (κ1) is 10.5. The monoisotopic (exact) mass is 218 g/mol. The topological polar surface area (TPSA) is 34.1 Å². The Balaban J connectivity index is 3.17. The zero-order valence-electron chi connectivity index (χ0n) is 7.49. The summed E-state index contributed by atoms with van der Waals surface area (Å²) >= 11 is 0. The Labute approximate surface area is 83.0 Å². The lowest BCUT2D eigenvalue weighted by Gasteiger charge is -2.10. The molecule has 1 atom stereocenters. The van der Waals surface area contributed by atoms with Crippen LogP contribution in [0.1, 0.15) is 23.3 Å². The number of benzene rings is 1. The molecular formula is C9H11ClO2S. The number of halogens is 1. The average Bonchev–Trinajstić information content (AvgIpc) is 2.02. The molecule has 1 rings (SSSR count). The van der Waals surface area contributed by atoms with Crippen LogP contribution in [0.2, 0.25) is 0 Å². The van der Waals surface area contributed by atoms with E-state index >= 15 is 0 Å². The molecule has 0 aliphatic rings. The lowest BCUT2D eigenvalue weighted by Crippen LogP contribution is -2.04. The highest BCUT2D eigenvalue weighted by atomic mass is 35.7. The minimum absolute atomic E-state index is 0.643. The number of hydrogen-bond donors (Lipinski definition) is 0. The molecule has 0 radical (unpaired) electrons. The number of rotatable bonds is 2. The minimum Gasteiger partial charge on any atom is -0.212 e. The summed E-state index contributed by atoms with van der Waals surface area (Å²) in [6.07, 6.45) is 0. The van der Waals surface area contributed by atoms with Crippen molar-refractivity contribution in [3.63, 3.8) is 0 Å². The summed E-state index contributed by atoms with van der Waals surface area (Å²) in [5.74, 6) is 0. The van der Waals surface area contributed by atoms with Gasteiger partial charge in [-0.15, -0.1) is 0 Å². The first-order valence-corrected chi connectivity index (χ1v) is 6.29. The van der Waals surface area contributed by atoms with E-state index in [2.05, 4.69) is 0 Å². The molecule has 0 spiro atoms. The third kappa shape index (κ3) is 2.45. The second-order valence-corrected chi connectivity index (χ2v) is 5.92. The van der Waals surface area contributed by atoms with Crippen molar-refractivity contribution in [2.75, 3.05) is 0 Å². The largest absolute Gasteiger partial charge is 0.239 e. The van der Waals surface area contributed by atoms with Crippen molar-refractivity contribution >= 4 is 19.7 Å². The zero-order valence-corrected chi connectivity index (χ0v) is 9.06. The van der Waals surface area contributed by atoms with Crippen molar-refractivity contribution in [1.29, 1.82) is 0 Å². The number of aryl methyl sites for hydroxylation is 1. The predicted molar refractivity (Wildman–Crippen MR) is 54.4 cm³/mol. The van der Waals surface area contributed by atoms with Gasteiger partial charge in [-0.1, -0.05) is 24.3 Å². The molecule has 0 amide bonds. The highest BCUT2D eigenvalue weighted by Crippen LogP contribution is 2.26. The lowest BCUT2D eigenvalue weighted by molar-refractivity contribution is 0.600. The van der Waals surface area contributed by atoms with E-state index < -0.39 is 14.3 Å². The van der Waals surface area contributed by atoms with Crippen LogP contribution in [0.25, 0.3) is 0 Å². The molecule has 0 aliphatic carbocycles. The maximum Gasteiger partial charge on any atom is 0.239 e. The first-order chi connectivity index (χ1) is 5.93. The molecular weight excluding hydrogens is 208 g/mol. The summed E-state index contributed by atoms with van der Waals surface area (Å²) in [4.78, 5) is 0. The Kier molecular flexibility index (Phi) is 2.98. The molecule has 2 nitrogen and oxygen atoms in total. The second kappa shape index (κ2) is 3.68. The molecule has 0 aliphatic heterocycles. The molecule has 0 saturated carbocycles. The molecule has 1 aromatic carbocycles. The van der Waals surface area contributed by atoms with Crippen LogP contribution in [-0.2, 0) is 9.05 Å². The van der Waals surface area contributed by atoms with Gasteiger partial charge in [-0.2, -0.15) is 0 Å². The van der Waals surface area contributed by atoms with E-state index in [1.165, 1.54) is 0 Å². The molecule has 0 N–H and O–H groups in total. The zero-order chi connectivity index (χ0) is 10.1. The lowest BCUT2D eigenvalue weighted by atomic mass is 10.1. The summed E-state index contributed by atoms with van der Waals surface area (Å²) in [6, 6.07) is 7.32. The van der Waals surface area contributed by atoms with E-state index in [0.717, 1.165) is 11.1 Å². The van der Waals surface area contributed by atoms with Gasteiger partial charge in [-0.3, -0.25) is 0 Å². The molecule has 0 saturated heterocycles. The van der Waals surface area contributed by atoms with E-state index in [1.807, 2.05) is 19.1 Å². The van der Waals surface area contributed by atoms with E-state index in [1.54, 1.807) is 19.1 Å². The van der Waals surface area contributed by atoms with Crippen molar-refractivity contribution in [1.82, 2.24) is 0 Å². The van der Waals surface area contributed by atoms with E-state index in [0.29, 0.717) is 0 Å². The van der Waals surface area contributed by atoms with E-state index in [4.69, 9.17) is 10.7 Å². The van der Waals surface area contributed by atoms with Crippen molar-refractivity contribution in [2.45, 2.75) is 19.1 Å². The average molecular weight is 219 g/mol. The molecule has 0 aromatic heterocycles. The smallest absolute Gasteiger partial charge is 0.212 e. The van der Waals surface area contributed by atoms with Gasteiger partial charge in [0.2, 0.25) is 9.05 Å². The molecule has 0 heterocycles. The molecule has 0 fully saturated rings. The third-order valence-electron chi connectivity index (χ3n) is 2.05. The third-order valence-corrected chi connectivity index (χ3v) is 3.95. The van der Waals surface area contributed by atoms with Gasteiger partial charge in [-0.25, -0.2) is 8.42 Å². The van der Waals surface area contributed by atoms with Crippen LogP contribution in [-0.4, -0.2) is 8.42 Å². The maximum absolute atomic E-state index is 11.0. The number of hydrogen-bond acceptors (Lipinski definition) is 2. The van der Waals surface area contributed by atoms with Crippen LogP contribution in [0, 0.1) is 6.92 Å². The van der Waals surface area contributed by atoms with Crippen molar-refractivity contribution < 1.29 is 8.42 Å².